The van der Waals surface area contributed by atoms with E-state index in [1.54, 1.807) is 7.05 Å². The Hall–Kier alpha value is -2.16. The van der Waals surface area contributed by atoms with E-state index in [1.165, 1.54) is 0 Å². The molecule has 0 radical (unpaired) electrons. The molecular formula is C20H26IN3O3. The van der Waals surface area contributed by atoms with Crippen LogP contribution in [-0.2, 0) is 13.1 Å². The summed E-state index contributed by atoms with van der Waals surface area (Å²) >= 11 is 0. The molecule has 0 saturated carbocycles. The molecule has 0 atom stereocenters. The molecule has 2 aromatic rings. The second kappa shape index (κ2) is 10.2. The van der Waals surface area contributed by atoms with Gasteiger partial charge in [0.15, 0.2) is 17.5 Å². The fraction of sp³-hybridized carbons (Fsp3) is 0.350. The maximum Gasteiger partial charge on any atom is 0.231 e. The van der Waals surface area contributed by atoms with Gasteiger partial charge in [-0.3, -0.25) is 4.99 Å². The molecule has 6 nitrogen and oxygen atoms in total. The summed E-state index contributed by atoms with van der Waals surface area (Å²) in [6.07, 6.45) is 0.161. The molecule has 2 N–H and O–H groups in total. The molecular weight excluding hydrogens is 457 g/mol. The van der Waals surface area contributed by atoms with E-state index in [1.807, 2.05) is 50.2 Å². The number of fused-ring (bicyclic) bond motifs is 1. The van der Waals surface area contributed by atoms with Crippen molar-refractivity contribution in [2.24, 2.45) is 4.99 Å². The van der Waals surface area contributed by atoms with Gasteiger partial charge in [0.1, 0.15) is 5.75 Å². The molecule has 3 rings (SSSR count). The fourth-order valence-corrected chi connectivity index (χ4v) is 2.64. The Balaban J connectivity index is 0.00000261. The SMILES string of the molecule is CN=C(NCc1cccc(OC(C)C)c1)NCc1ccc2c(c1)OCO2.I. The van der Waals surface area contributed by atoms with Gasteiger partial charge in [0.05, 0.1) is 6.10 Å². The Labute approximate surface area is 177 Å². The standard InChI is InChI=1S/C20H25N3O3.HI/c1-14(2)26-17-6-4-5-15(9-17)11-22-20(21-3)23-12-16-7-8-18-19(10-16)25-13-24-18;/h4-10,14H,11-13H2,1-3H3,(H2,21,22,23);1H. The number of aliphatic imine (C=N–C) groups is 1. The highest BCUT2D eigenvalue weighted by atomic mass is 127. The Bertz CT molecular complexity index is 781. The van der Waals surface area contributed by atoms with Crippen molar-refractivity contribution in [1.29, 1.82) is 0 Å². The lowest BCUT2D eigenvalue weighted by molar-refractivity contribution is 0.174. The van der Waals surface area contributed by atoms with Crippen molar-refractivity contribution < 1.29 is 14.2 Å². The summed E-state index contributed by atoms with van der Waals surface area (Å²) in [5.74, 6) is 3.19. The van der Waals surface area contributed by atoms with E-state index in [0.29, 0.717) is 13.1 Å². The van der Waals surface area contributed by atoms with Gasteiger partial charge in [0, 0.05) is 20.1 Å². The zero-order valence-electron chi connectivity index (χ0n) is 15.8. The van der Waals surface area contributed by atoms with Gasteiger partial charge in [0.2, 0.25) is 6.79 Å². The average Bonchev–Trinajstić information content (AvgIpc) is 3.09. The minimum Gasteiger partial charge on any atom is -0.491 e. The molecule has 0 amide bonds. The van der Waals surface area contributed by atoms with Gasteiger partial charge in [-0.25, -0.2) is 0 Å². The van der Waals surface area contributed by atoms with E-state index in [4.69, 9.17) is 14.2 Å². The number of ether oxygens (including phenoxy) is 3. The summed E-state index contributed by atoms with van der Waals surface area (Å²) in [5, 5.41) is 6.62. The number of hydrogen-bond acceptors (Lipinski definition) is 4. The summed E-state index contributed by atoms with van der Waals surface area (Å²) in [7, 11) is 1.76. The van der Waals surface area contributed by atoms with Gasteiger partial charge in [-0.05, 0) is 49.2 Å². The molecule has 0 spiro atoms. The smallest absolute Gasteiger partial charge is 0.231 e. The van der Waals surface area contributed by atoms with E-state index in [9.17, 15) is 0 Å². The van der Waals surface area contributed by atoms with Crippen molar-refractivity contribution >= 4 is 29.9 Å². The topological polar surface area (TPSA) is 64.1 Å². The van der Waals surface area contributed by atoms with Gasteiger partial charge in [-0.15, -0.1) is 24.0 Å². The van der Waals surface area contributed by atoms with Crippen LogP contribution in [0.2, 0.25) is 0 Å². The van der Waals surface area contributed by atoms with E-state index in [0.717, 1.165) is 34.3 Å². The highest BCUT2D eigenvalue weighted by Crippen LogP contribution is 2.32. The number of guanidine groups is 1. The van der Waals surface area contributed by atoms with Crippen molar-refractivity contribution in [1.82, 2.24) is 10.6 Å². The van der Waals surface area contributed by atoms with E-state index < -0.39 is 0 Å². The second-order valence-corrected chi connectivity index (χ2v) is 6.28. The number of nitrogens with zero attached hydrogens (tertiary/aromatic N) is 1. The lowest BCUT2D eigenvalue weighted by Gasteiger charge is -2.14. The minimum absolute atomic E-state index is 0. The van der Waals surface area contributed by atoms with Crippen LogP contribution in [0, 0.1) is 0 Å². The third-order valence-corrected chi connectivity index (χ3v) is 3.85. The van der Waals surface area contributed by atoms with Crippen LogP contribution >= 0.6 is 24.0 Å². The Morgan fingerprint density at radius 1 is 1.04 bits per heavy atom. The summed E-state index contributed by atoms with van der Waals surface area (Å²) in [4.78, 5) is 4.27. The summed E-state index contributed by atoms with van der Waals surface area (Å²) < 4.78 is 16.5. The van der Waals surface area contributed by atoms with Crippen LogP contribution in [0.5, 0.6) is 17.2 Å². The molecule has 0 unspecified atom stereocenters. The largest absolute Gasteiger partial charge is 0.491 e. The van der Waals surface area contributed by atoms with Crippen LogP contribution in [0.3, 0.4) is 0 Å². The molecule has 0 aromatic heterocycles. The number of nitrogens with one attached hydrogen (secondary N) is 2. The van der Waals surface area contributed by atoms with Gasteiger partial charge < -0.3 is 24.8 Å². The molecule has 0 fully saturated rings. The monoisotopic (exact) mass is 483 g/mol. The van der Waals surface area contributed by atoms with Crippen molar-refractivity contribution in [2.75, 3.05) is 13.8 Å². The molecule has 146 valence electrons. The van der Waals surface area contributed by atoms with Crippen LogP contribution in [0.4, 0.5) is 0 Å². The predicted octanol–water partition coefficient (Wildman–Crippen LogP) is 3.69. The van der Waals surface area contributed by atoms with Gasteiger partial charge in [-0.1, -0.05) is 18.2 Å². The maximum absolute atomic E-state index is 5.73. The number of benzene rings is 2. The van der Waals surface area contributed by atoms with Crippen LogP contribution in [0.15, 0.2) is 47.5 Å². The summed E-state index contributed by atoms with van der Waals surface area (Å²) in [6.45, 7) is 5.64. The van der Waals surface area contributed by atoms with E-state index >= 15 is 0 Å². The zero-order chi connectivity index (χ0) is 18.4. The molecule has 0 bridgehead atoms. The molecule has 1 aliphatic heterocycles. The zero-order valence-corrected chi connectivity index (χ0v) is 18.2. The Morgan fingerprint density at radius 3 is 2.44 bits per heavy atom. The van der Waals surface area contributed by atoms with E-state index in [-0.39, 0.29) is 36.9 Å². The van der Waals surface area contributed by atoms with E-state index in [2.05, 4.69) is 21.7 Å². The van der Waals surface area contributed by atoms with Crippen LogP contribution < -0.4 is 24.8 Å². The summed E-state index contributed by atoms with van der Waals surface area (Å²) in [6, 6.07) is 14.0. The fourth-order valence-electron chi connectivity index (χ4n) is 2.64. The first-order chi connectivity index (χ1) is 12.6. The third-order valence-electron chi connectivity index (χ3n) is 3.85. The number of hydrogen-bond donors (Lipinski definition) is 2. The third kappa shape index (κ3) is 6.20. The highest BCUT2D eigenvalue weighted by Gasteiger charge is 2.13. The number of rotatable bonds is 6. The Morgan fingerprint density at radius 2 is 1.74 bits per heavy atom. The van der Waals surface area contributed by atoms with Crippen LogP contribution in [0.25, 0.3) is 0 Å². The first kappa shape index (κ1) is 21.1. The van der Waals surface area contributed by atoms with Crippen molar-refractivity contribution in [3.8, 4) is 17.2 Å². The quantitative estimate of drug-likeness (QED) is 0.373. The normalized spacial score (nSPS) is 12.5. The van der Waals surface area contributed by atoms with Crippen LogP contribution in [0.1, 0.15) is 25.0 Å². The minimum atomic E-state index is 0. The number of halogens is 1. The Kier molecular flexibility index (Phi) is 8.02. The van der Waals surface area contributed by atoms with Crippen molar-refractivity contribution in [3.63, 3.8) is 0 Å². The highest BCUT2D eigenvalue weighted by molar-refractivity contribution is 14.0. The first-order valence-corrected chi connectivity index (χ1v) is 8.72. The molecule has 7 heteroatoms. The molecule has 1 heterocycles. The average molecular weight is 483 g/mol. The molecule has 27 heavy (non-hydrogen) atoms. The van der Waals surface area contributed by atoms with Gasteiger partial charge >= 0.3 is 0 Å². The van der Waals surface area contributed by atoms with Crippen molar-refractivity contribution in [2.45, 2.75) is 33.0 Å². The molecule has 0 saturated heterocycles. The van der Waals surface area contributed by atoms with Gasteiger partial charge in [0.25, 0.3) is 0 Å². The van der Waals surface area contributed by atoms with Gasteiger partial charge in [-0.2, -0.15) is 0 Å². The predicted molar refractivity (Wildman–Crippen MR) is 117 cm³/mol. The molecule has 0 aliphatic carbocycles. The summed E-state index contributed by atoms with van der Waals surface area (Å²) in [5.41, 5.74) is 2.23. The second-order valence-electron chi connectivity index (χ2n) is 6.28. The molecule has 1 aliphatic rings. The van der Waals surface area contributed by atoms with Crippen molar-refractivity contribution in [3.05, 3.63) is 53.6 Å². The lowest BCUT2D eigenvalue weighted by Crippen LogP contribution is -2.36. The maximum atomic E-state index is 5.73. The molecule has 2 aromatic carbocycles. The first-order valence-electron chi connectivity index (χ1n) is 8.72. The van der Waals surface area contributed by atoms with Crippen LogP contribution in [-0.4, -0.2) is 25.9 Å². The lowest BCUT2D eigenvalue weighted by atomic mass is 10.2.